The summed E-state index contributed by atoms with van der Waals surface area (Å²) < 4.78 is 39.6. The van der Waals surface area contributed by atoms with Gasteiger partial charge in [-0.3, -0.25) is 20.2 Å². The van der Waals surface area contributed by atoms with Crippen LogP contribution >= 0.6 is 0 Å². The first kappa shape index (κ1) is 19.8. The number of nitrogens with zero attached hydrogens (tertiary/aromatic N) is 1. The Morgan fingerprint density at radius 1 is 1.19 bits per heavy atom. The molecule has 8 heteroatoms. The van der Waals surface area contributed by atoms with Gasteiger partial charge in [0.25, 0.3) is 5.54 Å². The number of Topliss-reactive ketones (excluding diaryl/α,β-unsaturated/α-hetero) is 1. The maximum Gasteiger partial charge on any atom is 0.411 e. The summed E-state index contributed by atoms with van der Waals surface area (Å²) in [5, 5.41) is 13.4. The molecule has 0 fully saturated rings. The third kappa shape index (κ3) is 5.26. The SMILES string of the molecule is CC(C)CN[C@@H](C(F)(F)F)[C@@](C)(C(=O)CC(C)C)[N+](=O)[O-]. The van der Waals surface area contributed by atoms with Crippen molar-refractivity contribution in [2.45, 2.75) is 58.8 Å². The highest BCUT2D eigenvalue weighted by Gasteiger charge is 2.63. The van der Waals surface area contributed by atoms with E-state index in [4.69, 9.17) is 0 Å². The maximum absolute atomic E-state index is 13.2. The van der Waals surface area contributed by atoms with Crippen LogP contribution in [0.25, 0.3) is 0 Å². The van der Waals surface area contributed by atoms with Gasteiger partial charge in [-0.15, -0.1) is 0 Å². The number of alkyl halides is 3. The first-order chi connectivity index (χ1) is 9.33. The molecule has 0 aromatic carbocycles. The molecule has 0 aliphatic rings. The van der Waals surface area contributed by atoms with Crippen LogP contribution in [0, 0.1) is 22.0 Å². The van der Waals surface area contributed by atoms with Crippen molar-refractivity contribution in [2.24, 2.45) is 11.8 Å². The Morgan fingerprint density at radius 3 is 1.95 bits per heavy atom. The van der Waals surface area contributed by atoms with Crippen LogP contribution in [0.2, 0.25) is 0 Å². The van der Waals surface area contributed by atoms with E-state index in [1.807, 2.05) is 0 Å². The molecule has 0 amide bonds. The fourth-order valence-corrected chi connectivity index (χ4v) is 1.93. The van der Waals surface area contributed by atoms with Gasteiger partial charge < -0.3 is 0 Å². The zero-order valence-electron chi connectivity index (χ0n) is 13.0. The largest absolute Gasteiger partial charge is 0.411 e. The van der Waals surface area contributed by atoms with E-state index in [1.54, 1.807) is 27.7 Å². The molecule has 5 nitrogen and oxygen atoms in total. The van der Waals surface area contributed by atoms with Crippen molar-refractivity contribution in [1.29, 1.82) is 0 Å². The normalized spacial score (nSPS) is 16.9. The molecule has 0 bridgehead atoms. The van der Waals surface area contributed by atoms with Crippen LogP contribution in [0.1, 0.15) is 41.0 Å². The van der Waals surface area contributed by atoms with Crippen LogP contribution in [0.15, 0.2) is 0 Å². The van der Waals surface area contributed by atoms with Gasteiger partial charge in [0, 0.05) is 18.3 Å². The number of nitro groups is 1. The topological polar surface area (TPSA) is 72.2 Å². The smallest absolute Gasteiger partial charge is 0.299 e. The summed E-state index contributed by atoms with van der Waals surface area (Å²) in [5.41, 5.74) is -2.72. The van der Waals surface area contributed by atoms with Crippen LogP contribution in [0.3, 0.4) is 0 Å². The number of nitrogens with one attached hydrogen (secondary N) is 1. The molecule has 0 rings (SSSR count). The molecular formula is C13H23F3N2O3. The Labute approximate surface area is 122 Å². The van der Waals surface area contributed by atoms with Crippen molar-refractivity contribution in [3.8, 4) is 0 Å². The molecular weight excluding hydrogens is 289 g/mol. The summed E-state index contributed by atoms with van der Waals surface area (Å²) in [6.45, 7) is 7.30. The molecule has 2 atom stereocenters. The second kappa shape index (κ2) is 7.20. The lowest BCUT2D eigenvalue weighted by molar-refractivity contribution is -0.560. The minimum atomic E-state index is -4.89. The highest BCUT2D eigenvalue weighted by atomic mass is 19.4. The lowest BCUT2D eigenvalue weighted by atomic mass is 9.83. The van der Waals surface area contributed by atoms with Gasteiger partial charge in [-0.25, -0.2) is 0 Å². The number of ketones is 1. The molecule has 124 valence electrons. The van der Waals surface area contributed by atoms with Gasteiger partial charge in [-0.05, 0) is 18.4 Å². The number of halogens is 3. The molecule has 0 saturated carbocycles. The van der Waals surface area contributed by atoms with E-state index in [2.05, 4.69) is 5.32 Å². The number of hydrogen-bond acceptors (Lipinski definition) is 4. The standard InChI is InChI=1S/C13H23F3N2O3/c1-8(2)6-10(19)12(5,18(20)21)11(13(14,15)16)17-7-9(3)4/h8-9,11,17H,6-7H2,1-5H3/t11-,12-/m1/s1. The van der Waals surface area contributed by atoms with Gasteiger partial charge in [0.15, 0.2) is 6.04 Å². The maximum atomic E-state index is 13.2. The lowest BCUT2D eigenvalue weighted by Crippen LogP contribution is -2.65. The Kier molecular flexibility index (Phi) is 6.79. The molecule has 0 saturated heterocycles. The minimum Gasteiger partial charge on any atom is -0.299 e. The quantitative estimate of drug-likeness (QED) is 0.552. The van der Waals surface area contributed by atoms with Crippen LogP contribution in [0.5, 0.6) is 0 Å². The molecule has 0 radical (unpaired) electrons. The molecule has 0 unspecified atom stereocenters. The van der Waals surface area contributed by atoms with E-state index in [0.29, 0.717) is 0 Å². The van der Waals surface area contributed by atoms with E-state index in [1.165, 1.54) is 0 Å². The molecule has 21 heavy (non-hydrogen) atoms. The van der Waals surface area contributed by atoms with Crippen molar-refractivity contribution in [3.05, 3.63) is 10.1 Å². The van der Waals surface area contributed by atoms with Gasteiger partial charge in [0.05, 0.1) is 0 Å². The summed E-state index contributed by atoms with van der Waals surface area (Å²) in [7, 11) is 0. The van der Waals surface area contributed by atoms with Crippen molar-refractivity contribution >= 4 is 5.78 Å². The number of rotatable bonds is 8. The van der Waals surface area contributed by atoms with Gasteiger partial charge in [-0.2, -0.15) is 13.2 Å². The fraction of sp³-hybridized carbons (Fsp3) is 0.923. The average molecular weight is 312 g/mol. The van der Waals surface area contributed by atoms with Gasteiger partial charge >= 0.3 is 6.18 Å². The Bertz CT molecular complexity index is 383. The van der Waals surface area contributed by atoms with Crippen LogP contribution < -0.4 is 5.32 Å². The minimum absolute atomic E-state index is 0.0669. The molecule has 0 aromatic rings. The molecule has 0 heterocycles. The Morgan fingerprint density at radius 2 is 1.67 bits per heavy atom. The van der Waals surface area contributed by atoms with Crippen molar-refractivity contribution in [2.75, 3.05) is 6.54 Å². The predicted octanol–water partition coefficient (Wildman–Crippen LogP) is 2.81. The summed E-state index contributed by atoms with van der Waals surface area (Å²) in [4.78, 5) is 22.2. The monoisotopic (exact) mass is 312 g/mol. The summed E-state index contributed by atoms with van der Waals surface area (Å²) in [5.74, 6) is -1.40. The first-order valence-electron chi connectivity index (χ1n) is 6.81. The van der Waals surface area contributed by atoms with Gasteiger partial charge in [0.2, 0.25) is 5.78 Å². The summed E-state index contributed by atoms with van der Waals surface area (Å²) in [6.07, 6.45) is -5.16. The average Bonchev–Trinajstić information content (AvgIpc) is 2.24. The van der Waals surface area contributed by atoms with Crippen LogP contribution in [0.4, 0.5) is 13.2 Å². The zero-order valence-corrected chi connectivity index (χ0v) is 13.0. The summed E-state index contributed by atoms with van der Waals surface area (Å²) in [6, 6.07) is -2.51. The predicted molar refractivity (Wildman–Crippen MR) is 72.5 cm³/mol. The van der Waals surface area contributed by atoms with Gasteiger partial charge in [0.1, 0.15) is 0 Å². The summed E-state index contributed by atoms with van der Waals surface area (Å²) >= 11 is 0. The van der Waals surface area contributed by atoms with Crippen LogP contribution in [-0.4, -0.2) is 35.0 Å². The fourth-order valence-electron chi connectivity index (χ4n) is 1.93. The molecule has 1 N–H and O–H groups in total. The number of carbonyl (C=O) groups is 1. The molecule has 0 aliphatic carbocycles. The highest BCUT2D eigenvalue weighted by Crippen LogP contribution is 2.32. The van der Waals surface area contributed by atoms with Crippen molar-refractivity contribution in [3.63, 3.8) is 0 Å². The highest BCUT2D eigenvalue weighted by molar-refractivity contribution is 5.87. The molecule has 0 aromatic heterocycles. The van der Waals surface area contributed by atoms with Crippen molar-refractivity contribution < 1.29 is 22.9 Å². The van der Waals surface area contributed by atoms with Crippen molar-refractivity contribution in [1.82, 2.24) is 5.32 Å². The lowest BCUT2D eigenvalue weighted by Gasteiger charge is -2.32. The second-order valence-electron chi connectivity index (χ2n) is 6.20. The molecule has 0 spiro atoms. The number of hydrogen-bond donors (Lipinski definition) is 1. The van der Waals surface area contributed by atoms with Crippen LogP contribution in [-0.2, 0) is 4.79 Å². The van der Waals surface area contributed by atoms with E-state index < -0.39 is 28.5 Å². The first-order valence-corrected chi connectivity index (χ1v) is 6.81. The third-order valence-corrected chi connectivity index (χ3v) is 3.16. The Hall–Kier alpha value is -1.18. The zero-order chi connectivity index (χ0) is 17.0. The third-order valence-electron chi connectivity index (χ3n) is 3.16. The molecule has 0 aliphatic heterocycles. The number of carbonyl (C=O) groups excluding carboxylic acids is 1. The van der Waals surface area contributed by atoms with E-state index >= 15 is 0 Å². The Balaban J connectivity index is 5.60. The van der Waals surface area contributed by atoms with Gasteiger partial charge in [-0.1, -0.05) is 27.7 Å². The second-order valence-corrected chi connectivity index (χ2v) is 6.20. The van der Waals surface area contributed by atoms with E-state index in [9.17, 15) is 28.1 Å². The van der Waals surface area contributed by atoms with E-state index in [0.717, 1.165) is 6.92 Å². The van der Waals surface area contributed by atoms with E-state index in [-0.39, 0.29) is 24.8 Å².